The number of rotatable bonds is 5. The van der Waals surface area contributed by atoms with Crippen LogP contribution in [-0.2, 0) is 11.3 Å². The molecule has 1 aromatic heterocycles. The number of methoxy groups -OCH3 is 1. The van der Waals surface area contributed by atoms with Gasteiger partial charge in [0.1, 0.15) is 29.2 Å². The van der Waals surface area contributed by atoms with Crippen molar-refractivity contribution in [3.63, 3.8) is 0 Å². The lowest BCUT2D eigenvalue weighted by Gasteiger charge is -2.13. The summed E-state index contributed by atoms with van der Waals surface area (Å²) >= 11 is 9.70. The molecule has 4 rings (SSSR count). The first-order valence-corrected chi connectivity index (χ1v) is 12.9. The predicted molar refractivity (Wildman–Crippen MR) is 134 cm³/mol. The lowest BCUT2D eigenvalue weighted by molar-refractivity contribution is -0.120. The molecule has 0 N–H and O–H groups in total. The monoisotopic (exact) mass is 493 g/mol. The third kappa shape index (κ3) is 3.83. The van der Waals surface area contributed by atoms with E-state index in [-0.39, 0.29) is 11.5 Å². The molecule has 10 heteroatoms. The number of thiazole rings is 1. The summed E-state index contributed by atoms with van der Waals surface area (Å²) in [6.07, 6.45) is 1.89. The molecule has 0 aliphatic carbocycles. The van der Waals surface area contributed by atoms with Gasteiger partial charge in [0.25, 0.3) is 11.5 Å². The van der Waals surface area contributed by atoms with Gasteiger partial charge < -0.3 is 9.64 Å². The fourth-order valence-corrected chi connectivity index (χ4v) is 7.45. The highest BCUT2D eigenvalue weighted by atomic mass is 32.2. The lowest BCUT2D eigenvalue weighted by atomic mass is 10.3. The summed E-state index contributed by atoms with van der Waals surface area (Å²) in [7, 11) is 3.59. The van der Waals surface area contributed by atoms with Crippen LogP contribution in [0.2, 0.25) is 0 Å². The number of carbonyl (C=O) groups is 1. The molecule has 3 heterocycles. The van der Waals surface area contributed by atoms with E-state index in [0.717, 1.165) is 34.2 Å². The second kappa shape index (κ2) is 9.01. The van der Waals surface area contributed by atoms with Gasteiger partial charge in [0.15, 0.2) is 0 Å². The third-order valence-corrected chi connectivity index (χ3v) is 9.33. The number of thioether (sulfide) groups is 2. The molecule has 0 unspecified atom stereocenters. The summed E-state index contributed by atoms with van der Waals surface area (Å²) < 4.78 is 8.94. The molecule has 0 radical (unpaired) electrons. The Bertz CT molecular complexity index is 1250. The normalized spacial score (nSPS) is 19.5. The van der Waals surface area contributed by atoms with Crippen LogP contribution < -0.4 is 24.4 Å². The number of carbonyl (C=O) groups excluding carboxylic acids is 1. The minimum atomic E-state index is -0.0936. The van der Waals surface area contributed by atoms with E-state index in [1.54, 1.807) is 28.3 Å². The van der Waals surface area contributed by atoms with E-state index in [1.807, 2.05) is 37.1 Å². The molecule has 1 amide bonds. The molecule has 31 heavy (non-hydrogen) atoms. The van der Waals surface area contributed by atoms with Crippen LogP contribution in [0.4, 0.5) is 5.69 Å². The minimum Gasteiger partial charge on any atom is -0.497 e. The number of thiocarbonyl (C=S) groups is 1. The van der Waals surface area contributed by atoms with Crippen LogP contribution in [0.25, 0.3) is 9.93 Å². The zero-order valence-corrected chi connectivity index (χ0v) is 21.0. The van der Waals surface area contributed by atoms with E-state index in [2.05, 4.69) is 6.92 Å². The van der Waals surface area contributed by atoms with Crippen molar-refractivity contribution in [2.24, 2.45) is 0 Å². The molecule has 0 saturated carbocycles. The molecular weight excluding hydrogens is 471 g/mol. The van der Waals surface area contributed by atoms with Crippen LogP contribution in [0.1, 0.15) is 26.7 Å². The van der Waals surface area contributed by atoms with Crippen LogP contribution in [0.3, 0.4) is 0 Å². The highest BCUT2D eigenvalue weighted by Gasteiger charge is 2.34. The van der Waals surface area contributed by atoms with Crippen LogP contribution in [0.15, 0.2) is 27.9 Å². The van der Waals surface area contributed by atoms with Gasteiger partial charge in [-0.3, -0.25) is 19.1 Å². The number of anilines is 1. The Kier molecular flexibility index (Phi) is 6.52. The van der Waals surface area contributed by atoms with Crippen molar-refractivity contribution in [3.8, 4) is 5.75 Å². The number of aromatic nitrogens is 1. The molecule has 2 aromatic rings. The number of nitrogens with zero attached hydrogens (tertiary/aromatic N) is 3. The molecule has 1 saturated heterocycles. The summed E-state index contributed by atoms with van der Waals surface area (Å²) in [6.45, 7) is 5.12. The summed E-state index contributed by atoms with van der Waals surface area (Å²) in [5.41, 5.74) is 0.929. The zero-order valence-electron chi connectivity index (χ0n) is 17.8. The standard InChI is InChI=1S/C21H23N3O3S4/c1-5-7-10-24-18(26)16(31-21(24)28)20-23(6-2)17(25)15(30-20)19-22(3)13-11-12(27-4)8-9-14(13)29-19/h8-9,11H,5-7,10H2,1-4H3/b19-15-,20-16-. The van der Waals surface area contributed by atoms with Gasteiger partial charge in [-0.1, -0.05) is 49.1 Å². The summed E-state index contributed by atoms with van der Waals surface area (Å²) in [6, 6.07) is 5.89. The molecule has 0 atom stereocenters. The number of ether oxygens (including phenoxy) is 1. The molecule has 0 bridgehead atoms. The maximum Gasteiger partial charge on any atom is 0.271 e. The lowest BCUT2D eigenvalue weighted by Crippen LogP contribution is -2.34. The molecule has 1 fully saturated rings. The average molecular weight is 494 g/mol. The molecule has 164 valence electrons. The first kappa shape index (κ1) is 22.4. The molecule has 2 aliphatic rings. The van der Waals surface area contributed by atoms with Crippen molar-refractivity contribution in [3.05, 3.63) is 37.7 Å². The summed E-state index contributed by atoms with van der Waals surface area (Å²) in [5.74, 6) is 0.679. The topological polar surface area (TPSA) is 54.8 Å². The van der Waals surface area contributed by atoms with Gasteiger partial charge in [-0.15, -0.1) is 11.3 Å². The van der Waals surface area contributed by atoms with Crippen molar-refractivity contribution in [1.29, 1.82) is 0 Å². The van der Waals surface area contributed by atoms with Gasteiger partial charge in [-0.05, 0) is 25.5 Å². The second-order valence-electron chi connectivity index (χ2n) is 7.09. The average Bonchev–Trinajstić information content (AvgIpc) is 3.37. The van der Waals surface area contributed by atoms with Crippen LogP contribution >= 0.6 is 47.1 Å². The van der Waals surface area contributed by atoms with Crippen molar-refractivity contribution >= 4 is 72.9 Å². The van der Waals surface area contributed by atoms with Crippen molar-refractivity contribution in [1.82, 2.24) is 9.47 Å². The molecular formula is C21H23N3O3S4. The van der Waals surface area contributed by atoms with E-state index in [4.69, 9.17) is 17.0 Å². The molecule has 0 spiro atoms. The molecule has 2 aliphatic heterocycles. The van der Waals surface area contributed by atoms with E-state index in [0.29, 0.717) is 31.5 Å². The maximum atomic E-state index is 13.3. The predicted octanol–water partition coefficient (Wildman–Crippen LogP) is 3.01. The number of fused-ring (bicyclic) bond motifs is 1. The quantitative estimate of drug-likeness (QED) is 0.594. The SMILES string of the molecule is CCCCN1C(=O)/C(=c2/s/c(=C3\Sc4ccc(OC)cc4N3C)c(=O)n2CC)SC1=S. The van der Waals surface area contributed by atoms with Crippen molar-refractivity contribution < 1.29 is 9.53 Å². The Labute approximate surface area is 198 Å². The van der Waals surface area contributed by atoms with Crippen molar-refractivity contribution in [2.45, 2.75) is 38.1 Å². The maximum absolute atomic E-state index is 13.3. The van der Waals surface area contributed by atoms with Crippen LogP contribution in [-0.4, -0.2) is 40.4 Å². The largest absolute Gasteiger partial charge is 0.497 e. The smallest absolute Gasteiger partial charge is 0.271 e. The van der Waals surface area contributed by atoms with Crippen LogP contribution in [0.5, 0.6) is 5.75 Å². The Balaban J connectivity index is 1.87. The van der Waals surface area contributed by atoms with Gasteiger partial charge in [0.05, 0.1) is 12.8 Å². The van der Waals surface area contributed by atoms with Gasteiger partial charge in [0, 0.05) is 31.1 Å². The zero-order chi connectivity index (χ0) is 22.3. The summed E-state index contributed by atoms with van der Waals surface area (Å²) in [4.78, 5) is 31.7. The van der Waals surface area contributed by atoms with Gasteiger partial charge >= 0.3 is 0 Å². The Morgan fingerprint density at radius 1 is 1.16 bits per heavy atom. The number of hydrogen-bond acceptors (Lipinski definition) is 8. The van der Waals surface area contributed by atoms with E-state index >= 15 is 0 Å². The number of amides is 1. The van der Waals surface area contributed by atoms with Gasteiger partial charge in [-0.2, -0.15) is 0 Å². The van der Waals surface area contributed by atoms with Gasteiger partial charge in [0.2, 0.25) is 0 Å². The fraction of sp³-hybridized carbons (Fsp3) is 0.381. The first-order chi connectivity index (χ1) is 14.9. The molecule has 6 nitrogen and oxygen atoms in total. The number of benzene rings is 1. The van der Waals surface area contributed by atoms with Crippen LogP contribution in [0, 0.1) is 0 Å². The van der Waals surface area contributed by atoms with Crippen molar-refractivity contribution in [2.75, 3.05) is 25.6 Å². The highest BCUT2D eigenvalue weighted by molar-refractivity contribution is 8.30. The number of unbranched alkanes of at least 4 members (excludes halogenated alkanes) is 1. The third-order valence-electron chi connectivity index (χ3n) is 5.21. The Morgan fingerprint density at radius 2 is 1.94 bits per heavy atom. The van der Waals surface area contributed by atoms with E-state index in [9.17, 15) is 9.59 Å². The van der Waals surface area contributed by atoms with E-state index < -0.39 is 0 Å². The first-order valence-electron chi connectivity index (χ1n) is 10.0. The Hall–Kier alpha value is -1.75. The summed E-state index contributed by atoms with van der Waals surface area (Å²) in [5, 5.41) is 0.869. The van der Waals surface area contributed by atoms with Gasteiger partial charge in [-0.25, -0.2) is 0 Å². The highest BCUT2D eigenvalue weighted by Crippen LogP contribution is 2.46. The van der Waals surface area contributed by atoms with E-state index in [1.165, 1.54) is 23.1 Å². The Morgan fingerprint density at radius 3 is 2.61 bits per heavy atom. The second-order valence-corrected chi connectivity index (χ2v) is 10.8. The number of hydrogen-bond donors (Lipinski definition) is 0. The fourth-order valence-electron chi connectivity index (χ4n) is 3.49. The minimum absolute atomic E-state index is 0.0737. The molecule has 1 aromatic carbocycles.